The molecular weight excluding hydrogens is 392 g/mol. The quantitative estimate of drug-likeness (QED) is 0.721. The fourth-order valence-electron chi connectivity index (χ4n) is 3.41. The highest BCUT2D eigenvalue weighted by Crippen LogP contribution is 2.31. The van der Waals surface area contributed by atoms with Gasteiger partial charge in [0.2, 0.25) is 0 Å². The van der Waals surface area contributed by atoms with Crippen molar-refractivity contribution >= 4 is 27.4 Å². The van der Waals surface area contributed by atoms with E-state index in [9.17, 15) is 13.2 Å². The summed E-state index contributed by atoms with van der Waals surface area (Å²) in [4.78, 5) is 14.3. The van der Waals surface area contributed by atoms with Crippen molar-refractivity contribution in [2.24, 2.45) is 0 Å². The number of anilines is 2. The number of nitrogens with one attached hydrogen (secondary N) is 1. The first-order chi connectivity index (χ1) is 13.9. The van der Waals surface area contributed by atoms with Crippen LogP contribution < -0.4 is 14.4 Å². The summed E-state index contributed by atoms with van der Waals surface area (Å²) >= 11 is 0. The molecule has 7 nitrogen and oxygen atoms in total. The minimum absolute atomic E-state index is 0.114. The number of nitrogens with zero attached hydrogens (tertiary/aromatic N) is 1. The molecule has 1 aliphatic rings. The normalized spacial score (nSPS) is 14.8. The van der Waals surface area contributed by atoms with Gasteiger partial charge in [-0.2, -0.15) is 0 Å². The molecule has 0 amide bonds. The molecule has 3 rings (SSSR count). The van der Waals surface area contributed by atoms with Crippen LogP contribution in [0.15, 0.2) is 47.4 Å². The first-order valence-electron chi connectivity index (χ1n) is 9.59. The van der Waals surface area contributed by atoms with Crippen molar-refractivity contribution in [2.75, 3.05) is 36.9 Å². The lowest BCUT2D eigenvalue weighted by Gasteiger charge is -2.26. The van der Waals surface area contributed by atoms with Gasteiger partial charge >= 0.3 is 5.97 Å². The number of carbonyl (C=O) groups excluding carboxylic acids is 1. The number of ether oxygens (including phenoxy) is 2. The molecule has 0 saturated carbocycles. The van der Waals surface area contributed by atoms with Crippen molar-refractivity contribution in [3.8, 4) is 5.75 Å². The molecule has 29 heavy (non-hydrogen) atoms. The van der Waals surface area contributed by atoms with Crippen LogP contribution in [-0.2, 0) is 14.8 Å². The van der Waals surface area contributed by atoms with Gasteiger partial charge in [-0.1, -0.05) is 12.8 Å². The van der Waals surface area contributed by atoms with Crippen molar-refractivity contribution in [1.82, 2.24) is 0 Å². The van der Waals surface area contributed by atoms with Gasteiger partial charge in [0.1, 0.15) is 5.75 Å². The fraction of sp³-hybridized carbons (Fsp3) is 0.381. The summed E-state index contributed by atoms with van der Waals surface area (Å²) in [5.74, 6) is 0.0548. The van der Waals surface area contributed by atoms with Gasteiger partial charge in [-0.25, -0.2) is 13.2 Å². The summed E-state index contributed by atoms with van der Waals surface area (Å²) in [6.45, 7) is 1.68. The Hall–Kier alpha value is -2.74. The number of benzene rings is 2. The van der Waals surface area contributed by atoms with Crippen LogP contribution in [0.3, 0.4) is 0 Å². The maximum absolute atomic E-state index is 13.0. The lowest BCUT2D eigenvalue weighted by atomic mass is 10.1. The highest BCUT2D eigenvalue weighted by Gasteiger charge is 2.21. The Labute approximate surface area is 171 Å². The van der Waals surface area contributed by atoms with Gasteiger partial charge in [-0.3, -0.25) is 4.72 Å². The van der Waals surface area contributed by atoms with Crippen LogP contribution in [0.25, 0.3) is 0 Å². The van der Waals surface area contributed by atoms with Crippen LogP contribution in [0.5, 0.6) is 5.75 Å². The number of hydrogen-bond donors (Lipinski definition) is 1. The van der Waals surface area contributed by atoms with Crippen molar-refractivity contribution in [1.29, 1.82) is 0 Å². The molecule has 0 aliphatic carbocycles. The number of methoxy groups -OCH3 is 2. The summed E-state index contributed by atoms with van der Waals surface area (Å²) in [5.41, 5.74) is 1.42. The Balaban J connectivity index is 1.98. The molecule has 2 aromatic rings. The number of hydrogen-bond acceptors (Lipinski definition) is 6. The van der Waals surface area contributed by atoms with E-state index in [2.05, 4.69) is 9.62 Å². The standard InChI is InChI=1S/C21H26N2O5S/c1-27-17-8-10-18(11-9-17)29(25,26)22-19-15-16(21(24)28-2)7-12-20(19)23-13-5-3-4-6-14-23/h7-12,15,22H,3-6,13-14H2,1-2H3. The highest BCUT2D eigenvalue weighted by atomic mass is 32.2. The number of sulfonamides is 1. The molecule has 0 spiro atoms. The number of carbonyl (C=O) groups is 1. The second-order valence-electron chi connectivity index (χ2n) is 6.91. The third-order valence-electron chi connectivity index (χ3n) is 4.98. The van der Waals surface area contributed by atoms with E-state index in [0.29, 0.717) is 17.0 Å². The van der Waals surface area contributed by atoms with Crippen LogP contribution in [-0.4, -0.2) is 41.7 Å². The lowest BCUT2D eigenvalue weighted by Crippen LogP contribution is -2.26. The molecule has 1 saturated heterocycles. The summed E-state index contributed by atoms with van der Waals surface area (Å²) in [7, 11) is -1.02. The molecular formula is C21H26N2O5S. The number of esters is 1. The van der Waals surface area contributed by atoms with Gasteiger partial charge in [-0.15, -0.1) is 0 Å². The fourth-order valence-corrected chi connectivity index (χ4v) is 4.47. The molecule has 8 heteroatoms. The van der Waals surface area contributed by atoms with Gasteiger partial charge < -0.3 is 14.4 Å². The zero-order chi connectivity index (χ0) is 20.9. The van der Waals surface area contributed by atoms with Gasteiger partial charge in [-0.05, 0) is 55.3 Å². The Kier molecular flexibility index (Phi) is 6.64. The lowest BCUT2D eigenvalue weighted by molar-refractivity contribution is 0.0601. The van der Waals surface area contributed by atoms with E-state index in [1.165, 1.54) is 32.4 Å². The van der Waals surface area contributed by atoms with E-state index in [1.807, 2.05) is 0 Å². The zero-order valence-corrected chi connectivity index (χ0v) is 17.5. The maximum Gasteiger partial charge on any atom is 0.337 e. The average molecular weight is 419 g/mol. The van der Waals surface area contributed by atoms with E-state index in [1.54, 1.807) is 24.3 Å². The monoisotopic (exact) mass is 418 g/mol. The Morgan fingerprint density at radius 2 is 1.62 bits per heavy atom. The molecule has 0 radical (unpaired) electrons. The smallest absolute Gasteiger partial charge is 0.337 e. The Bertz CT molecular complexity index is 950. The van der Waals surface area contributed by atoms with Gasteiger partial charge in [0.05, 0.1) is 36.1 Å². The molecule has 1 aliphatic heterocycles. The van der Waals surface area contributed by atoms with E-state index in [0.717, 1.165) is 44.5 Å². The number of rotatable bonds is 6. The summed E-state index contributed by atoms with van der Waals surface area (Å²) < 4.78 is 38.5. The molecule has 0 atom stereocenters. The predicted octanol–water partition coefficient (Wildman–Crippen LogP) is 3.66. The molecule has 0 aromatic heterocycles. The van der Waals surface area contributed by atoms with Crippen LogP contribution in [0, 0.1) is 0 Å². The second-order valence-corrected chi connectivity index (χ2v) is 8.59. The SMILES string of the molecule is COC(=O)c1ccc(N2CCCCCC2)c(NS(=O)(=O)c2ccc(OC)cc2)c1. The van der Waals surface area contributed by atoms with Crippen molar-refractivity contribution in [3.05, 3.63) is 48.0 Å². The summed E-state index contributed by atoms with van der Waals surface area (Å²) in [5, 5.41) is 0. The summed E-state index contributed by atoms with van der Waals surface area (Å²) in [6, 6.07) is 11.1. The molecule has 1 heterocycles. The molecule has 2 aromatic carbocycles. The average Bonchev–Trinajstić information content (AvgIpc) is 3.02. The van der Waals surface area contributed by atoms with Crippen LogP contribution in [0.2, 0.25) is 0 Å². The first kappa shape index (κ1) is 21.0. The topological polar surface area (TPSA) is 84.9 Å². The third-order valence-corrected chi connectivity index (χ3v) is 6.36. The minimum atomic E-state index is -3.84. The first-order valence-corrected chi connectivity index (χ1v) is 11.1. The maximum atomic E-state index is 13.0. The molecule has 1 fully saturated rings. The Morgan fingerprint density at radius 3 is 2.21 bits per heavy atom. The minimum Gasteiger partial charge on any atom is -0.497 e. The van der Waals surface area contributed by atoms with Crippen molar-refractivity contribution in [2.45, 2.75) is 30.6 Å². The molecule has 0 unspecified atom stereocenters. The van der Waals surface area contributed by atoms with Crippen molar-refractivity contribution < 1.29 is 22.7 Å². The third kappa shape index (κ3) is 5.00. The van der Waals surface area contributed by atoms with E-state index in [4.69, 9.17) is 9.47 Å². The van der Waals surface area contributed by atoms with E-state index >= 15 is 0 Å². The molecule has 0 bridgehead atoms. The van der Waals surface area contributed by atoms with Crippen LogP contribution in [0.1, 0.15) is 36.0 Å². The highest BCUT2D eigenvalue weighted by molar-refractivity contribution is 7.92. The molecule has 156 valence electrons. The zero-order valence-electron chi connectivity index (χ0n) is 16.7. The van der Waals surface area contributed by atoms with Gasteiger partial charge in [0, 0.05) is 13.1 Å². The largest absolute Gasteiger partial charge is 0.497 e. The van der Waals surface area contributed by atoms with Crippen molar-refractivity contribution in [3.63, 3.8) is 0 Å². The molecule has 1 N–H and O–H groups in total. The van der Waals surface area contributed by atoms with Gasteiger partial charge in [0.15, 0.2) is 0 Å². The Morgan fingerprint density at radius 1 is 0.966 bits per heavy atom. The van der Waals surface area contributed by atoms with Gasteiger partial charge in [0.25, 0.3) is 10.0 Å². The second kappa shape index (κ2) is 9.17. The summed E-state index contributed by atoms with van der Waals surface area (Å²) in [6.07, 6.45) is 4.40. The van der Waals surface area contributed by atoms with E-state index in [-0.39, 0.29) is 4.90 Å². The van der Waals surface area contributed by atoms with E-state index < -0.39 is 16.0 Å². The predicted molar refractivity (Wildman–Crippen MR) is 112 cm³/mol. The van der Waals surface area contributed by atoms with Crippen LogP contribution >= 0.6 is 0 Å². The van der Waals surface area contributed by atoms with Crippen LogP contribution in [0.4, 0.5) is 11.4 Å².